The number of nitrogens with one attached hydrogen (secondary N) is 3. The van der Waals surface area contributed by atoms with Crippen molar-refractivity contribution in [3.8, 4) is 87.1 Å². The summed E-state index contributed by atoms with van der Waals surface area (Å²) in [6.07, 6.45) is 19.4. The number of ether oxygens (including phenoxy) is 2. The van der Waals surface area contributed by atoms with Gasteiger partial charge in [0, 0.05) is 27.3 Å². The summed E-state index contributed by atoms with van der Waals surface area (Å²) in [6.45, 7) is 15.2. The van der Waals surface area contributed by atoms with Crippen molar-refractivity contribution in [3.05, 3.63) is 225 Å². The molecule has 3 fully saturated rings. The van der Waals surface area contributed by atoms with Gasteiger partial charge in [0.15, 0.2) is 0 Å². The lowest BCUT2D eigenvalue weighted by molar-refractivity contribution is -0.153. The molecule has 620 valence electrons. The van der Waals surface area contributed by atoms with Gasteiger partial charge in [-0.3, -0.25) is 29.3 Å². The number of esters is 2. The minimum atomic E-state index is -1.05. The molecular formula is C88H94N24O9. The fraction of sp³-hybridized carbons (Fsp3) is 0.352. The third-order valence-corrected chi connectivity index (χ3v) is 18.9. The number of hydrogen-bond donors (Lipinski definition) is 7. The standard InChI is InChI=1S/C30H32N8O3.C26H24N8O3.C19H18N4O2.C11H14N4O.C2H6/c1-29(2,3)41-27(39)17-32-28-34-23(21-9-6-8-20(14-21)16-31)15-24(35-28)25-19-38(37-36-25)18-22-10-7-11-26(33-22)30(40)12-4-5-13-30;27-13-17-5-3-6-18(11-17)20-12-21(31-25(30-20)28-14-24(35)36)22-16-34(33-32-22)15-19-7-4-8-23(29-19)26(37)9-1-2-10-26;1-5-15-10-16(14-8-6-7-13(9-14)11-20)23-18(22-15)21-12-17(24)25-19(2,3)4;12-15-13-8-9-4-3-5-10(14-9)11(16)6-1-2-7-11;1-2/h6-11,14-15,19,40H,4-5,12-13,17-18H2,1-3H3,(H,32,34,35);3-8,11-12,16,37H,1-2,9-10,14-15H2,(H,35,36)(H,28,30,31);1,6-10H,12H2,2-4H3,(H,21,22,23);3-5,16H,1-2,6-8H2;1-2H3. The van der Waals surface area contributed by atoms with Gasteiger partial charge in [-0.1, -0.05) is 128 Å². The first-order valence-corrected chi connectivity index (χ1v) is 39.5. The van der Waals surface area contributed by atoms with Crippen molar-refractivity contribution < 1.29 is 44.3 Å². The van der Waals surface area contributed by atoms with E-state index in [-0.39, 0.29) is 44.0 Å². The molecule has 3 aromatic carbocycles. The molecule has 11 aromatic rings. The Morgan fingerprint density at radius 1 is 0.479 bits per heavy atom. The van der Waals surface area contributed by atoms with Crippen LogP contribution in [0.1, 0.15) is 189 Å². The van der Waals surface area contributed by atoms with Gasteiger partial charge in [0.25, 0.3) is 0 Å². The summed E-state index contributed by atoms with van der Waals surface area (Å²) in [5, 5.41) is 97.9. The smallest absolute Gasteiger partial charge is 0.325 e. The quantitative estimate of drug-likeness (QED) is 0.0103. The van der Waals surface area contributed by atoms with E-state index in [1.165, 1.54) is 0 Å². The zero-order valence-electron chi connectivity index (χ0n) is 68.5. The Morgan fingerprint density at radius 2 is 0.818 bits per heavy atom. The van der Waals surface area contributed by atoms with Crippen molar-refractivity contribution in [1.29, 1.82) is 15.8 Å². The highest BCUT2D eigenvalue weighted by molar-refractivity contribution is 5.77. The number of benzene rings is 3. The number of nitriles is 3. The van der Waals surface area contributed by atoms with Crippen LogP contribution < -0.4 is 16.0 Å². The van der Waals surface area contributed by atoms with E-state index in [1.807, 2.05) is 80.6 Å². The van der Waals surface area contributed by atoms with Crippen molar-refractivity contribution in [2.24, 2.45) is 5.11 Å². The second-order valence-electron chi connectivity index (χ2n) is 30.5. The van der Waals surface area contributed by atoms with Crippen LogP contribution >= 0.6 is 0 Å². The molecule has 0 bridgehead atoms. The summed E-state index contributed by atoms with van der Waals surface area (Å²) in [5.74, 6) is 1.09. The molecule has 0 spiro atoms. The number of rotatable bonds is 23. The molecule has 0 atom stereocenters. The molecule has 8 heterocycles. The van der Waals surface area contributed by atoms with Gasteiger partial charge >= 0.3 is 17.9 Å². The maximum absolute atomic E-state index is 12.3. The number of carbonyl (C=O) groups excluding carboxylic acids is 2. The monoisotopic (exact) mass is 1630 g/mol. The number of terminal acetylenes is 1. The van der Waals surface area contributed by atoms with Crippen LogP contribution in [0.15, 0.2) is 163 Å². The maximum Gasteiger partial charge on any atom is 0.325 e. The van der Waals surface area contributed by atoms with Crippen LogP contribution in [0.2, 0.25) is 0 Å². The van der Waals surface area contributed by atoms with E-state index in [1.54, 1.807) is 142 Å². The van der Waals surface area contributed by atoms with Crippen molar-refractivity contribution in [3.63, 3.8) is 0 Å². The fourth-order valence-corrected chi connectivity index (χ4v) is 13.4. The molecule has 0 amide bonds. The van der Waals surface area contributed by atoms with Gasteiger partial charge in [0.2, 0.25) is 17.8 Å². The first-order chi connectivity index (χ1) is 58.1. The average molecular weight is 1630 g/mol. The largest absolute Gasteiger partial charge is 0.480 e. The number of hydrogen-bond acceptors (Lipinski definition) is 28. The summed E-state index contributed by atoms with van der Waals surface area (Å²) in [5.41, 5.74) is 16.3. The lowest BCUT2D eigenvalue weighted by Crippen LogP contribution is -2.28. The van der Waals surface area contributed by atoms with Crippen molar-refractivity contribution in [2.75, 3.05) is 35.6 Å². The normalized spacial score (nSPS) is 13.8. The predicted octanol–water partition coefficient (Wildman–Crippen LogP) is 13.6. The number of aliphatic carboxylic acids is 1. The molecule has 0 saturated heterocycles. The van der Waals surface area contributed by atoms with E-state index in [0.29, 0.717) is 135 Å². The van der Waals surface area contributed by atoms with Gasteiger partial charge in [-0.25, -0.2) is 39.3 Å². The lowest BCUT2D eigenvalue weighted by atomic mass is 9.97. The molecule has 33 nitrogen and oxygen atoms in total. The third kappa shape index (κ3) is 25.8. The minimum absolute atomic E-state index is 0.0804. The molecule has 3 aliphatic rings. The molecule has 7 N–H and O–H groups in total. The van der Waals surface area contributed by atoms with Gasteiger partial charge in [-0.05, 0) is 177 Å². The number of nitrogens with zero attached hydrogens (tertiary/aromatic N) is 21. The molecule has 14 rings (SSSR count). The zero-order valence-corrected chi connectivity index (χ0v) is 68.5. The van der Waals surface area contributed by atoms with Crippen molar-refractivity contribution >= 4 is 35.8 Å². The van der Waals surface area contributed by atoms with Crippen LogP contribution in [-0.2, 0) is 60.3 Å². The number of carboxylic acid groups (broad SMARTS) is 1. The van der Waals surface area contributed by atoms with E-state index >= 15 is 0 Å². The number of carbonyl (C=O) groups is 3. The van der Waals surface area contributed by atoms with E-state index in [0.717, 1.165) is 68.3 Å². The number of azide groups is 1. The molecule has 0 aliphatic heterocycles. The molecule has 3 aliphatic carbocycles. The minimum Gasteiger partial charge on any atom is -0.480 e. The summed E-state index contributed by atoms with van der Waals surface area (Å²) < 4.78 is 13.9. The third-order valence-electron chi connectivity index (χ3n) is 18.9. The van der Waals surface area contributed by atoms with Crippen molar-refractivity contribution in [2.45, 2.75) is 180 Å². The van der Waals surface area contributed by atoms with Gasteiger partial charge < -0.3 is 45.9 Å². The second kappa shape index (κ2) is 41.2. The number of aromatic nitrogens is 15. The van der Waals surface area contributed by atoms with Crippen molar-refractivity contribution in [1.82, 2.24) is 74.8 Å². The lowest BCUT2D eigenvalue weighted by Gasteiger charge is -2.21. The Labute approximate surface area is 700 Å². The summed E-state index contributed by atoms with van der Waals surface area (Å²) >= 11 is 0. The summed E-state index contributed by atoms with van der Waals surface area (Å²) in [4.78, 5) is 78.1. The number of pyridine rings is 3. The first-order valence-electron chi connectivity index (χ1n) is 39.5. The van der Waals surface area contributed by atoms with Crippen LogP contribution in [0, 0.1) is 46.3 Å². The first kappa shape index (κ1) is 89.0. The van der Waals surface area contributed by atoms with Gasteiger partial charge in [0.1, 0.15) is 64.7 Å². The van der Waals surface area contributed by atoms with Crippen LogP contribution in [-0.4, -0.2) is 144 Å². The molecule has 121 heavy (non-hydrogen) atoms. The Hall–Kier alpha value is -14.3. The van der Waals surface area contributed by atoms with E-state index in [4.69, 9.17) is 36.8 Å². The maximum atomic E-state index is 12.3. The van der Waals surface area contributed by atoms with Gasteiger partial charge in [-0.15, -0.1) is 16.6 Å². The Morgan fingerprint density at radius 3 is 1.17 bits per heavy atom. The Balaban J connectivity index is 0.000000176. The zero-order chi connectivity index (χ0) is 86.7. The van der Waals surface area contributed by atoms with E-state index < -0.39 is 45.9 Å². The van der Waals surface area contributed by atoms with Crippen LogP contribution in [0.5, 0.6) is 0 Å². The van der Waals surface area contributed by atoms with E-state index in [2.05, 4.69) is 111 Å². The van der Waals surface area contributed by atoms with Gasteiger partial charge in [0.05, 0.1) is 124 Å². The molecule has 0 radical (unpaired) electrons. The second-order valence-corrected chi connectivity index (χ2v) is 30.5. The van der Waals surface area contributed by atoms with Gasteiger partial charge in [-0.2, -0.15) is 15.8 Å². The highest BCUT2D eigenvalue weighted by atomic mass is 16.6. The number of carboxylic acids is 1. The summed E-state index contributed by atoms with van der Waals surface area (Å²) in [7, 11) is 0. The SMILES string of the molecule is C#Cc1cc(-c2cccc(C#N)c2)nc(NCC(=O)OC(C)(C)C)n1.CC.CC(C)(C)OC(=O)CNc1nc(-c2cccc(C#N)c2)cc(-c2cn(Cc3cccc(C4(O)CCCC4)n3)nn2)n1.N#Cc1cccc(-c2cc(-c3cn(Cc4cccc(C5(O)CCCC5)n4)nn3)nc(NCC(=O)O)n2)c1.[N-]=[N+]=NCc1cccc(C2(O)CCCC2)n1. The molecule has 8 aromatic heterocycles. The fourth-order valence-electron chi connectivity index (χ4n) is 13.4. The highest BCUT2D eigenvalue weighted by Gasteiger charge is 2.37. The average Bonchev–Trinajstić information content (AvgIpc) is 1.61. The van der Waals surface area contributed by atoms with Crippen LogP contribution in [0.3, 0.4) is 0 Å². The molecule has 3 saturated carbocycles. The molecule has 33 heteroatoms. The predicted molar refractivity (Wildman–Crippen MR) is 450 cm³/mol. The van der Waals surface area contributed by atoms with E-state index in [9.17, 15) is 40.2 Å². The topological polar surface area (TPSA) is 484 Å². The van der Waals surface area contributed by atoms with Crippen LogP contribution in [0.4, 0.5) is 17.8 Å². The summed E-state index contributed by atoms with van der Waals surface area (Å²) in [6, 6.07) is 49.2. The Kier molecular flexibility index (Phi) is 30.3. The number of anilines is 3. The Bertz CT molecular complexity index is 5690. The number of aliphatic hydroxyl groups is 3. The molecule has 0 unspecified atom stereocenters. The molecular weight excluding hydrogens is 1540 g/mol. The highest BCUT2D eigenvalue weighted by Crippen LogP contribution is 2.40. The van der Waals surface area contributed by atoms with Crippen LogP contribution in [0.25, 0.3) is 67.0 Å².